The number of carbonyl (C=O) groups excluding carboxylic acids is 1. The molecule has 2 heterocycles. The van der Waals surface area contributed by atoms with E-state index in [2.05, 4.69) is 26.5 Å². The molecule has 1 aliphatic rings. The van der Waals surface area contributed by atoms with Gasteiger partial charge in [0.25, 0.3) is 5.78 Å². The average molecular weight is 472 g/mol. The summed E-state index contributed by atoms with van der Waals surface area (Å²) in [4.78, 5) is 21.5. The summed E-state index contributed by atoms with van der Waals surface area (Å²) < 4.78 is 1.72. The van der Waals surface area contributed by atoms with Gasteiger partial charge in [0.05, 0.1) is 5.02 Å². The Morgan fingerprint density at radius 1 is 1.16 bits per heavy atom. The van der Waals surface area contributed by atoms with Gasteiger partial charge in [0, 0.05) is 34.9 Å². The maximum atomic E-state index is 12.4. The predicted molar refractivity (Wildman–Crippen MR) is 128 cm³/mol. The molecule has 0 aliphatic heterocycles. The van der Waals surface area contributed by atoms with Gasteiger partial charge in [-0.15, -0.1) is 5.10 Å². The first-order chi connectivity index (χ1) is 15.4. The minimum atomic E-state index is 0.0625. The van der Waals surface area contributed by atoms with Crippen LogP contribution in [0.5, 0.6) is 0 Å². The van der Waals surface area contributed by atoms with Gasteiger partial charge in [0.15, 0.2) is 5.82 Å². The molecule has 1 aliphatic carbocycles. The van der Waals surface area contributed by atoms with Gasteiger partial charge in [-0.2, -0.15) is 4.98 Å². The van der Waals surface area contributed by atoms with E-state index in [1.165, 1.54) is 31.3 Å². The summed E-state index contributed by atoms with van der Waals surface area (Å²) in [5, 5.41) is 8.71. The number of allylic oxidation sites excluding steroid dienone is 1. The molecule has 6 nitrogen and oxygen atoms in total. The highest BCUT2D eigenvalue weighted by molar-refractivity contribution is 6.36. The van der Waals surface area contributed by atoms with E-state index in [9.17, 15) is 4.79 Å². The van der Waals surface area contributed by atoms with Gasteiger partial charge in [0.1, 0.15) is 0 Å². The third kappa shape index (κ3) is 5.13. The fourth-order valence-electron chi connectivity index (χ4n) is 4.18. The van der Waals surface area contributed by atoms with Crippen molar-refractivity contribution in [3.63, 3.8) is 0 Å². The van der Waals surface area contributed by atoms with Crippen LogP contribution in [0.15, 0.2) is 29.8 Å². The fraction of sp³-hybridized carbons (Fsp3) is 0.417. The number of halogens is 2. The molecule has 4 rings (SSSR count). The number of amides is 1. The number of hydrogen-bond donors (Lipinski definition) is 1. The second kappa shape index (κ2) is 10.0. The third-order valence-electron chi connectivity index (χ3n) is 5.98. The first kappa shape index (κ1) is 22.7. The highest BCUT2D eigenvalue weighted by Gasteiger charge is 2.17. The second-order valence-electron chi connectivity index (χ2n) is 8.24. The molecule has 0 fully saturated rings. The summed E-state index contributed by atoms with van der Waals surface area (Å²) in [6.45, 7) is 4.63. The lowest BCUT2D eigenvalue weighted by Gasteiger charge is -2.13. The molecule has 1 aromatic carbocycles. The Morgan fingerprint density at radius 3 is 2.75 bits per heavy atom. The van der Waals surface area contributed by atoms with Crippen molar-refractivity contribution in [1.82, 2.24) is 24.9 Å². The molecule has 0 radical (unpaired) electrons. The Balaban J connectivity index is 1.44. The number of nitrogens with one attached hydrogen (secondary N) is 1. The number of hydrogen-bond acceptors (Lipinski definition) is 4. The van der Waals surface area contributed by atoms with Crippen LogP contribution in [-0.2, 0) is 11.2 Å². The average Bonchev–Trinajstić information content (AvgIpc) is 3.18. The highest BCUT2D eigenvalue weighted by atomic mass is 35.5. The van der Waals surface area contributed by atoms with Gasteiger partial charge in [-0.05, 0) is 76.1 Å². The number of carbonyl (C=O) groups is 1. The van der Waals surface area contributed by atoms with Gasteiger partial charge in [-0.25, -0.2) is 9.50 Å². The van der Waals surface area contributed by atoms with E-state index in [0.29, 0.717) is 46.6 Å². The number of fused-ring (bicyclic) bond motifs is 1. The Bertz CT molecular complexity index is 1180. The van der Waals surface area contributed by atoms with Gasteiger partial charge in [-0.1, -0.05) is 34.9 Å². The fourth-order valence-corrected chi connectivity index (χ4v) is 4.67. The number of aromatic nitrogens is 4. The SMILES string of the molecule is Cc1nc2nc(-c3ccc(Cl)cc3Cl)nn2c(C)c1CCC(=O)NCCC1=CCCCC1. The van der Waals surface area contributed by atoms with E-state index >= 15 is 0 Å². The molecule has 0 bridgehead atoms. The topological polar surface area (TPSA) is 72.2 Å². The lowest BCUT2D eigenvalue weighted by Crippen LogP contribution is -2.25. The molecule has 168 valence electrons. The molecule has 1 amide bonds. The van der Waals surface area contributed by atoms with E-state index < -0.39 is 0 Å². The van der Waals surface area contributed by atoms with Crippen molar-refractivity contribution in [1.29, 1.82) is 0 Å². The number of nitrogens with zero attached hydrogens (tertiary/aromatic N) is 4. The molecule has 8 heteroatoms. The minimum Gasteiger partial charge on any atom is -0.356 e. The molecular weight excluding hydrogens is 445 g/mol. The van der Waals surface area contributed by atoms with Crippen LogP contribution in [0.1, 0.15) is 55.5 Å². The van der Waals surface area contributed by atoms with Gasteiger partial charge in [-0.3, -0.25) is 4.79 Å². The lowest BCUT2D eigenvalue weighted by molar-refractivity contribution is -0.121. The van der Waals surface area contributed by atoms with Gasteiger partial charge >= 0.3 is 0 Å². The summed E-state index contributed by atoms with van der Waals surface area (Å²) in [6, 6.07) is 5.23. The molecule has 0 saturated carbocycles. The van der Waals surface area contributed by atoms with Crippen LogP contribution in [0.2, 0.25) is 10.0 Å². The molecule has 0 unspecified atom stereocenters. The summed E-state index contributed by atoms with van der Waals surface area (Å²) in [5.74, 6) is 1.07. The van der Waals surface area contributed by atoms with Crippen LogP contribution < -0.4 is 5.32 Å². The van der Waals surface area contributed by atoms with E-state index in [1.807, 2.05) is 13.8 Å². The van der Waals surface area contributed by atoms with Crippen molar-refractivity contribution in [2.75, 3.05) is 6.54 Å². The molecule has 0 spiro atoms. The van der Waals surface area contributed by atoms with Crippen molar-refractivity contribution >= 4 is 34.9 Å². The molecular formula is C24H27Cl2N5O. The van der Waals surface area contributed by atoms with Crippen molar-refractivity contribution < 1.29 is 4.79 Å². The molecule has 2 aromatic heterocycles. The molecule has 32 heavy (non-hydrogen) atoms. The number of benzene rings is 1. The van der Waals surface area contributed by atoms with Crippen LogP contribution in [0.4, 0.5) is 0 Å². The summed E-state index contributed by atoms with van der Waals surface area (Å²) in [7, 11) is 0. The molecule has 3 aromatic rings. The summed E-state index contributed by atoms with van der Waals surface area (Å²) >= 11 is 12.3. The predicted octanol–water partition coefficient (Wildman–Crippen LogP) is 5.65. The second-order valence-corrected chi connectivity index (χ2v) is 9.08. The van der Waals surface area contributed by atoms with E-state index in [1.54, 1.807) is 22.7 Å². The van der Waals surface area contributed by atoms with Crippen LogP contribution in [0.3, 0.4) is 0 Å². The zero-order valence-corrected chi connectivity index (χ0v) is 19.9. The maximum absolute atomic E-state index is 12.4. The first-order valence-corrected chi connectivity index (χ1v) is 11.8. The Kier molecular flexibility index (Phi) is 7.11. The standard InChI is InChI=1S/C24H27Cl2N5O/c1-15-19(10-11-22(32)27-13-12-17-6-4-3-5-7-17)16(2)31-24(28-15)29-23(30-31)20-9-8-18(25)14-21(20)26/h6,8-9,14H,3-5,7,10-13H2,1-2H3,(H,27,32). The zero-order chi connectivity index (χ0) is 22.7. The number of rotatable bonds is 7. The van der Waals surface area contributed by atoms with Crippen molar-refractivity contribution in [2.24, 2.45) is 0 Å². The van der Waals surface area contributed by atoms with Crippen molar-refractivity contribution in [3.05, 3.63) is 56.8 Å². The Hall–Kier alpha value is -2.44. The van der Waals surface area contributed by atoms with Crippen molar-refractivity contribution in [3.8, 4) is 11.4 Å². The summed E-state index contributed by atoms with van der Waals surface area (Å²) in [6.07, 6.45) is 9.19. The molecule has 0 atom stereocenters. The summed E-state index contributed by atoms with van der Waals surface area (Å²) in [5.41, 5.74) is 4.97. The lowest BCUT2D eigenvalue weighted by atomic mass is 9.97. The molecule has 0 saturated heterocycles. The normalized spacial score (nSPS) is 13.9. The monoisotopic (exact) mass is 471 g/mol. The maximum Gasteiger partial charge on any atom is 0.253 e. The largest absolute Gasteiger partial charge is 0.356 e. The quantitative estimate of drug-likeness (QED) is 0.451. The zero-order valence-electron chi connectivity index (χ0n) is 18.4. The Morgan fingerprint density at radius 2 is 2.00 bits per heavy atom. The van der Waals surface area contributed by atoms with E-state index in [4.69, 9.17) is 23.2 Å². The van der Waals surface area contributed by atoms with Crippen LogP contribution in [0, 0.1) is 13.8 Å². The highest BCUT2D eigenvalue weighted by Crippen LogP contribution is 2.29. The minimum absolute atomic E-state index is 0.0625. The van der Waals surface area contributed by atoms with Crippen LogP contribution in [0.25, 0.3) is 17.2 Å². The molecule has 1 N–H and O–H groups in total. The Labute approximate surface area is 198 Å². The van der Waals surface area contributed by atoms with Crippen molar-refractivity contribution in [2.45, 2.75) is 58.8 Å². The van der Waals surface area contributed by atoms with E-state index in [-0.39, 0.29) is 5.91 Å². The van der Waals surface area contributed by atoms with Crippen LogP contribution in [-0.4, -0.2) is 32.0 Å². The van der Waals surface area contributed by atoms with Gasteiger partial charge in [0.2, 0.25) is 5.91 Å². The van der Waals surface area contributed by atoms with Gasteiger partial charge < -0.3 is 5.32 Å². The van der Waals surface area contributed by atoms with E-state index in [0.717, 1.165) is 23.4 Å². The smallest absolute Gasteiger partial charge is 0.253 e. The first-order valence-electron chi connectivity index (χ1n) is 11.1. The van der Waals surface area contributed by atoms with Crippen LogP contribution >= 0.6 is 23.2 Å². The number of aryl methyl sites for hydroxylation is 2. The third-order valence-corrected chi connectivity index (χ3v) is 6.52.